The van der Waals surface area contributed by atoms with Crippen LogP contribution in [-0.2, 0) is 4.79 Å². The number of hydrogen-bond acceptors (Lipinski definition) is 2. The number of anilines is 1. The third-order valence-electron chi connectivity index (χ3n) is 2.75. The highest BCUT2D eigenvalue weighted by Crippen LogP contribution is 2.18. The van der Waals surface area contributed by atoms with Crippen molar-refractivity contribution in [1.82, 2.24) is 5.32 Å². The van der Waals surface area contributed by atoms with Crippen molar-refractivity contribution >= 4 is 17.7 Å². The molecule has 0 aliphatic rings. The SMILES string of the molecule is CCCC(CNC(=O)Nc1cc(F)c(F)cc1F)C(=O)O. The van der Waals surface area contributed by atoms with Crippen molar-refractivity contribution < 1.29 is 27.9 Å². The smallest absolute Gasteiger partial charge is 0.319 e. The van der Waals surface area contributed by atoms with Gasteiger partial charge in [0, 0.05) is 18.7 Å². The van der Waals surface area contributed by atoms with Gasteiger partial charge in [0.2, 0.25) is 0 Å². The van der Waals surface area contributed by atoms with E-state index in [-0.39, 0.29) is 6.54 Å². The Morgan fingerprint density at radius 1 is 1.19 bits per heavy atom. The Balaban J connectivity index is 2.62. The van der Waals surface area contributed by atoms with E-state index >= 15 is 0 Å². The first-order valence-corrected chi connectivity index (χ1v) is 6.27. The number of urea groups is 1. The second-order valence-electron chi connectivity index (χ2n) is 4.41. The lowest BCUT2D eigenvalue weighted by atomic mass is 10.0. The van der Waals surface area contributed by atoms with Crippen LogP contribution in [0.4, 0.5) is 23.7 Å². The summed E-state index contributed by atoms with van der Waals surface area (Å²) in [5.74, 6) is -5.63. The number of rotatable bonds is 6. The molecule has 116 valence electrons. The summed E-state index contributed by atoms with van der Waals surface area (Å²) >= 11 is 0. The summed E-state index contributed by atoms with van der Waals surface area (Å²) in [5.41, 5.74) is -0.534. The molecule has 1 atom stereocenters. The van der Waals surface area contributed by atoms with E-state index in [1.807, 2.05) is 5.32 Å². The molecule has 0 aliphatic heterocycles. The molecule has 8 heteroatoms. The fourth-order valence-electron chi connectivity index (χ4n) is 1.66. The van der Waals surface area contributed by atoms with E-state index < -0.39 is 41.1 Å². The molecule has 0 spiro atoms. The molecule has 1 rings (SSSR count). The summed E-state index contributed by atoms with van der Waals surface area (Å²) < 4.78 is 39.0. The molecule has 0 fully saturated rings. The largest absolute Gasteiger partial charge is 0.481 e. The maximum atomic E-state index is 13.3. The van der Waals surface area contributed by atoms with Crippen molar-refractivity contribution in [2.24, 2.45) is 5.92 Å². The van der Waals surface area contributed by atoms with E-state index in [4.69, 9.17) is 5.11 Å². The van der Waals surface area contributed by atoms with Crippen molar-refractivity contribution in [3.8, 4) is 0 Å². The molecule has 1 aromatic rings. The third-order valence-corrected chi connectivity index (χ3v) is 2.75. The van der Waals surface area contributed by atoms with Crippen LogP contribution in [0.1, 0.15) is 19.8 Å². The number of aliphatic carboxylic acids is 1. The first-order chi connectivity index (χ1) is 9.85. The number of amides is 2. The molecule has 1 aromatic carbocycles. The fourth-order valence-corrected chi connectivity index (χ4v) is 1.66. The van der Waals surface area contributed by atoms with Gasteiger partial charge in [-0.25, -0.2) is 18.0 Å². The maximum absolute atomic E-state index is 13.3. The number of halogens is 3. The Kier molecular flexibility index (Phi) is 6.01. The fraction of sp³-hybridized carbons (Fsp3) is 0.385. The second-order valence-corrected chi connectivity index (χ2v) is 4.41. The van der Waals surface area contributed by atoms with E-state index in [9.17, 15) is 22.8 Å². The quantitative estimate of drug-likeness (QED) is 0.707. The number of carbonyl (C=O) groups excluding carboxylic acids is 1. The zero-order valence-corrected chi connectivity index (χ0v) is 11.3. The van der Waals surface area contributed by atoms with Crippen molar-refractivity contribution in [1.29, 1.82) is 0 Å². The highest BCUT2D eigenvalue weighted by molar-refractivity contribution is 5.89. The van der Waals surface area contributed by atoms with Gasteiger partial charge >= 0.3 is 12.0 Å². The number of hydrogen-bond donors (Lipinski definition) is 3. The van der Waals surface area contributed by atoms with Crippen LogP contribution in [0.5, 0.6) is 0 Å². The molecule has 0 bridgehead atoms. The summed E-state index contributed by atoms with van der Waals surface area (Å²) in [6.45, 7) is 1.65. The van der Waals surface area contributed by atoms with Crippen molar-refractivity contribution in [3.05, 3.63) is 29.6 Å². The van der Waals surface area contributed by atoms with Gasteiger partial charge in [-0.05, 0) is 6.42 Å². The number of carbonyl (C=O) groups is 2. The van der Waals surface area contributed by atoms with E-state index in [0.29, 0.717) is 25.0 Å². The van der Waals surface area contributed by atoms with E-state index in [1.54, 1.807) is 6.92 Å². The lowest BCUT2D eigenvalue weighted by Crippen LogP contribution is -2.36. The van der Waals surface area contributed by atoms with Crippen LogP contribution in [0.25, 0.3) is 0 Å². The molecule has 0 saturated heterocycles. The van der Waals surface area contributed by atoms with Crippen molar-refractivity contribution in [3.63, 3.8) is 0 Å². The molecule has 0 aliphatic carbocycles. The number of carboxylic acid groups (broad SMARTS) is 1. The van der Waals surface area contributed by atoms with Gasteiger partial charge in [-0.2, -0.15) is 0 Å². The first-order valence-electron chi connectivity index (χ1n) is 6.27. The molecule has 0 aromatic heterocycles. The van der Waals surface area contributed by atoms with Gasteiger partial charge in [0.05, 0.1) is 11.6 Å². The Hall–Kier alpha value is -2.25. The Morgan fingerprint density at radius 2 is 1.81 bits per heavy atom. The molecule has 3 N–H and O–H groups in total. The van der Waals surface area contributed by atoms with Gasteiger partial charge in [-0.15, -0.1) is 0 Å². The normalized spacial score (nSPS) is 11.8. The average Bonchev–Trinajstić information content (AvgIpc) is 2.40. The monoisotopic (exact) mass is 304 g/mol. The van der Waals surface area contributed by atoms with Crippen molar-refractivity contribution in [2.45, 2.75) is 19.8 Å². The zero-order valence-electron chi connectivity index (χ0n) is 11.3. The highest BCUT2D eigenvalue weighted by atomic mass is 19.2. The van der Waals surface area contributed by atoms with Crippen LogP contribution in [-0.4, -0.2) is 23.7 Å². The number of benzene rings is 1. The van der Waals surface area contributed by atoms with E-state index in [2.05, 4.69) is 5.32 Å². The second kappa shape index (κ2) is 7.51. The van der Waals surface area contributed by atoms with E-state index in [0.717, 1.165) is 0 Å². The van der Waals surface area contributed by atoms with Crippen LogP contribution in [0.3, 0.4) is 0 Å². The molecule has 5 nitrogen and oxygen atoms in total. The summed E-state index contributed by atoms with van der Waals surface area (Å²) in [4.78, 5) is 22.4. The Bertz CT molecular complexity index is 538. The molecular formula is C13H15F3N2O3. The van der Waals surface area contributed by atoms with Crippen LogP contribution in [0.15, 0.2) is 12.1 Å². The van der Waals surface area contributed by atoms with Gasteiger partial charge in [-0.1, -0.05) is 13.3 Å². The molecule has 0 radical (unpaired) electrons. The van der Waals surface area contributed by atoms with E-state index in [1.165, 1.54) is 0 Å². The maximum Gasteiger partial charge on any atom is 0.319 e. The minimum absolute atomic E-state index is 0.152. The average molecular weight is 304 g/mol. The molecule has 21 heavy (non-hydrogen) atoms. The molecular weight excluding hydrogens is 289 g/mol. The molecule has 2 amide bonds. The van der Waals surface area contributed by atoms with Crippen LogP contribution in [0.2, 0.25) is 0 Å². The molecule has 0 saturated carbocycles. The van der Waals surface area contributed by atoms with Gasteiger partial charge < -0.3 is 15.7 Å². The molecule has 1 unspecified atom stereocenters. The number of carboxylic acids is 1. The lowest BCUT2D eigenvalue weighted by molar-refractivity contribution is -0.141. The van der Waals surface area contributed by atoms with Crippen LogP contribution >= 0.6 is 0 Å². The minimum atomic E-state index is -1.37. The Labute approximate surface area is 119 Å². The minimum Gasteiger partial charge on any atom is -0.481 e. The van der Waals surface area contributed by atoms with Crippen molar-refractivity contribution in [2.75, 3.05) is 11.9 Å². The van der Waals surface area contributed by atoms with Gasteiger partial charge in [0.1, 0.15) is 5.82 Å². The zero-order chi connectivity index (χ0) is 16.0. The third kappa shape index (κ3) is 4.97. The lowest BCUT2D eigenvalue weighted by Gasteiger charge is -2.13. The van der Waals surface area contributed by atoms with Crippen LogP contribution in [0, 0.1) is 23.4 Å². The predicted molar refractivity (Wildman–Crippen MR) is 69.4 cm³/mol. The van der Waals surface area contributed by atoms with Crippen LogP contribution < -0.4 is 10.6 Å². The topological polar surface area (TPSA) is 78.4 Å². The van der Waals surface area contributed by atoms with Gasteiger partial charge in [-0.3, -0.25) is 4.79 Å². The first kappa shape index (κ1) is 16.8. The standard InChI is InChI=1S/C13H15F3N2O3/c1-2-3-7(12(19)20)6-17-13(21)18-11-5-9(15)8(14)4-10(11)16/h4-5,7H,2-3,6H2,1H3,(H,19,20)(H2,17,18,21). The summed E-state index contributed by atoms with van der Waals surface area (Å²) in [6.07, 6.45) is 0.993. The Morgan fingerprint density at radius 3 is 2.38 bits per heavy atom. The summed E-state index contributed by atoms with van der Waals surface area (Å²) in [7, 11) is 0. The molecule has 0 heterocycles. The van der Waals surface area contributed by atoms with Gasteiger partial charge in [0.15, 0.2) is 11.6 Å². The predicted octanol–water partition coefficient (Wildman–Crippen LogP) is 2.73. The highest BCUT2D eigenvalue weighted by Gasteiger charge is 2.18. The summed E-state index contributed by atoms with van der Waals surface area (Å²) in [6, 6.07) is -0.0881. The van der Waals surface area contributed by atoms with Gasteiger partial charge in [0.25, 0.3) is 0 Å². The number of nitrogens with one attached hydrogen (secondary N) is 2. The summed E-state index contributed by atoms with van der Waals surface area (Å²) in [5, 5.41) is 13.1.